The zero-order valence-corrected chi connectivity index (χ0v) is 16.5. The number of hydrogen-bond acceptors (Lipinski definition) is 4. The van der Waals surface area contributed by atoms with Gasteiger partial charge in [-0.2, -0.15) is 0 Å². The smallest absolute Gasteiger partial charge is 0.408 e. The van der Waals surface area contributed by atoms with E-state index in [-0.39, 0.29) is 12.5 Å². The molecule has 2 amide bonds. The van der Waals surface area contributed by atoms with Crippen molar-refractivity contribution in [3.63, 3.8) is 0 Å². The summed E-state index contributed by atoms with van der Waals surface area (Å²) >= 11 is 0. The number of pyridine rings is 1. The van der Waals surface area contributed by atoms with Crippen molar-refractivity contribution >= 4 is 17.7 Å². The average molecular weight is 401 g/mol. The van der Waals surface area contributed by atoms with E-state index >= 15 is 0 Å². The van der Waals surface area contributed by atoms with E-state index in [0.29, 0.717) is 19.4 Å². The molecule has 1 aliphatic heterocycles. The van der Waals surface area contributed by atoms with Gasteiger partial charge in [0.1, 0.15) is 12.6 Å². The number of fused-ring (bicyclic) bond motifs is 1. The molecule has 1 unspecified atom stereocenters. The van der Waals surface area contributed by atoms with Crippen LogP contribution < -0.4 is 10.2 Å². The third-order valence-corrected chi connectivity index (χ3v) is 5.12. The number of nitrogens with one attached hydrogen (secondary N) is 1. The lowest BCUT2D eigenvalue weighted by Crippen LogP contribution is -2.48. The Bertz CT molecular complexity index is 1010. The van der Waals surface area contributed by atoms with Crippen molar-refractivity contribution in [1.29, 1.82) is 0 Å². The molecule has 152 valence electrons. The van der Waals surface area contributed by atoms with Crippen molar-refractivity contribution < 1.29 is 14.3 Å². The average Bonchev–Trinajstić information content (AvgIpc) is 2.91. The van der Waals surface area contributed by atoms with Crippen LogP contribution in [0.2, 0.25) is 0 Å². The Balaban J connectivity index is 1.49. The number of benzene rings is 2. The Labute approximate surface area is 175 Å². The number of amides is 2. The number of hydrogen-bond donors (Lipinski definition) is 1. The van der Waals surface area contributed by atoms with Gasteiger partial charge in [0.2, 0.25) is 5.91 Å². The minimum absolute atomic E-state index is 0.152. The number of alkyl carbamates (subject to hydrolysis) is 1. The fraction of sp³-hybridized carbons (Fsp3) is 0.208. The molecule has 3 aromatic rings. The molecule has 1 aromatic heterocycles. The molecule has 6 heteroatoms. The number of anilines is 1. The lowest BCUT2D eigenvalue weighted by Gasteiger charge is -2.26. The Kier molecular flexibility index (Phi) is 6.03. The summed E-state index contributed by atoms with van der Waals surface area (Å²) in [5.74, 6) is -0.152. The lowest BCUT2D eigenvalue weighted by atomic mass is 10.1. The topological polar surface area (TPSA) is 71.5 Å². The van der Waals surface area contributed by atoms with E-state index in [4.69, 9.17) is 4.74 Å². The van der Waals surface area contributed by atoms with Gasteiger partial charge >= 0.3 is 6.09 Å². The van der Waals surface area contributed by atoms with Gasteiger partial charge in [0.25, 0.3) is 0 Å². The van der Waals surface area contributed by atoms with Crippen molar-refractivity contribution in [2.45, 2.75) is 32.0 Å². The predicted octanol–water partition coefficient (Wildman–Crippen LogP) is 3.86. The molecule has 0 fully saturated rings. The normalized spacial score (nSPS) is 15.8. The third kappa shape index (κ3) is 4.66. The number of nitrogens with zero attached hydrogens (tertiary/aromatic N) is 2. The highest BCUT2D eigenvalue weighted by Crippen LogP contribution is 2.28. The summed E-state index contributed by atoms with van der Waals surface area (Å²) in [5, 5.41) is 2.76. The molecule has 1 N–H and O–H groups in total. The first-order valence-electron chi connectivity index (χ1n) is 9.96. The molecule has 2 aromatic carbocycles. The maximum Gasteiger partial charge on any atom is 0.408 e. The lowest BCUT2D eigenvalue weighted by molar-refractivity contribution is -0.120. The quantitative estimate of drug-likeness (QED) is 0.705. The summed E-state index contributed by atoms with van der Waals surface area (Å²) < 4.78 is 5.32. The van der Waals surface area contributed by atoms with Crippen LogP contribution in [0.4, 0.5) is 10.5 Å². The van der Waals surface area contributed by atoms with E-state index in [1.54, 1.807) is 17.3 Å². The fourth-order valence-electron chi connectivity index (χ4n) is 3.58. The largest absolute Gasteiger partial charge is 0.445 e. The summed E-state index contributed by atoms with van der Waals surface area (Å²) in [5.41, 5.74) is 3.73. The first kappa shape index (κ1) is 19.6. The Morgan fingerprint density at radius 3 is 2.47 bits per heavy atom. The highest BCUT2D eigenvalue weighted by Gasteiger charge is 2.31. The van der Waals surface area contributed by atoms with Crippen LogP contribution >= 0.6 is 0 Å². The van der Waals surface area contributed by atoms with E-state index in [1.807, 2.05) is 66.7 Å². The van der Waals surface area contributed by atoms with Crippen molar-refractivity contribution in [3.05, 3.63) is 95.8 Å². The zero-order chi connectivity index (χ0) is 20.8. The summed E-state index contributed by atoms with van der Waals surface area (Å²) in [6.07, 6.45) is 4.01. The minimum atomic E-state index is -0.663. The van der Waals surface area contributed by atoms with Gasteiger partial charge in [-0.25, -0.2) is 4.79 Å². The second kappa shape index (κ2) is 9.22. The molecule has 0 aliphatic carbocycles. The molecule has 6 nitrogen and oxygen atoms in total. The van der Waals surface area contributed by atoms with E-state index in [9.17, 15) is 9.59 Å². The Hall–Kier alpha value is -3.67. The number of aryl methyl sites for hydroxylation is 1. The second-order valence-electron chi connectivity index (χ2n) is 7.21. The van der Waals surface area contributed by atoms with Crippen LogP contribution in [0.15, 0.2) is 79.1 Å². The van der Waals surface area contributed by atoms with Gasteiger partial charge in [-0.05, 0) is 35.6 Å². The second-order valence-corrected chi connectivity index (χ2v) is 7.21. The van der Waals surface area contributed by atoms with E-state index in [0.717, 1.165) is 22.4 Å². The van der Waals surface area contributed by atoms with Gasteiger partial charge in [0.05, 0.1) is 12.2 Å². The van der Waals surface area contributed by atoms with E-state index in [1.165, 1.54) is 0 Å². The molecule has 1 atom stereocenters. The molecule has 0 bridgehead atoms. The standard InChI is InChI=1S/C24H23N3O3/c28-23-21(26-24(29)30-17-19-9-5-2-6-10-19)12-11-20-15-25-14-13-22(20)27(23)16-18-7-3-1-4-8-18/h1-10,13-15,21H,11-12,16-17H2,(H,26,29). The third-order valence-electron chi connectivity index (χ3n) is 5.12. The van der Waals surface area contributed by atoms with Crippen LogP contribution in [0.1, 0.15) is 23.1 Å². The van der Waals surface area contributed by atoms with Crippen LogP contribution in [0, 0.1) is 0 Å². The van der Waals surface area contributed by atoms with Crippen molar-refractivity contribution in [2.75, 3.05) is 4.90 Å². The zero-order valence-electron chi connectivity index (χ0n) is 16.5. The van der Waals surface area contributed by atoms with Gasteiger partial charge in [-0.15, -0.1) is 0 Å². The van der Waals surface area contributed by atoms with Gasteiger partial charge in [0, 0.05) is 12.4 Å². The number of ether oxygens (including phenoxy) is 1. The Morgan fingerprint density at radius 1 is 1.03 bits per heavy atom. The van der Waals surface area contributed by atoms with E-state index < -0.39 is 12.1 Å². The maximum absolute atomic E-state index is 13.4. The first-order valence-corrected chi connectivity index (χ1v) is 9.96. The van der Waals surface area contributed by atoms with Crippen LogP contribution in [-0.2, 0) is 29.1 Å². The van der Waals surface area contributed by atoms with Gasteiger partial charge in [0.15, 0.2) is 0 Å². The highest BCUT2D eigenvalue weighted by molar-refractivity contribution is 5.99. The Morgan fingerprint density at radius 2 is 1.73 bits per heavy atom. The molecule has 30 heavy (non-hydrogen) atoms. The molecule has 0 saturated heterocycles. The molecule has 1 aliphatic rings. The highest BCUT2D eigenvalue weighted by atomic mass is 16.5. The monoisotopic (exact) mass is 401 g/mol. The van der Waals surface area contributed by atoms with Gasteiger partial charge in [-0.1, -0.05) is 60.7 Å². The minimum Gasteiger partial charge on any atom is -0.445 e. The van der Waals surface area contributed by atoms with Gasteiger partial charge in [-0.3, -0.25) is 9.78 Å². The summed E-state index contributed by atoms with van der Waals surface area (Å²) in [4.78, 5) is 31.7. The summed E-state index contributed by atoms with van der Waals surface area (Å²) in [6.45, 7) is 0.583. The molecular weight excluding hydrogens is 378 g/mol. The molecule has 0 radical (unpaired) electrons. The van der Waals surface area contributed by atoms with Crippen molar-refractivity contribution in [3.8, 4) is 0 Å². The van der Waals surface area contributed by atoms with Crippen LogP contribution in [-0.4, -0.2) is 23.0 Å². The van der Waals surface area contributed by atoms with Crippen molar-refractivity contribution in [2.24, 2.45) is 0 Å². The van der Waals surface area contributed by atoms with Crippen molar-refractivity contribution in [1.82, 2.24) is 10.3 Å². The molecular formula is C24H23N3O3. The number of carbonyl (C=O) groups excluding carboxylic acids is 2. The van der Waals surface area contributed by atoms with Crippen LogP contribution in [0.5, 0.6) is 0 Å². The molecule has 2 heterocycles. The molecule has 0 spiro atoms. The molecule has 0 saturated carbocycles. The summed E-state index contributed by atoms with van der Waals surface area (Å²) in [7, 11) is 0. The fourth-order valence-corrected chi connectivity index (χ4v) is 3.58. The van der Waals surface area contributed by atoms with Gasteiger partial charge < -0.3 is 15.0 Å². The number of carbonyl (C=O) groups is 2. The predicted molar refractivity (Wildman–Crippen MR) is 114 cm³/mol. The first-order chi connectivity index (χ1) is 14.7. The van der Waals surface area contributed by atoms with Crippen LogP contribution in [0.25, 0.3) is 0 Å². The van der Waals surface area contributed by atoms with E-state index in [2.05, 4.69) is 10.3 Å². The SMILES string of the molecule is O=C(NC1CCc2cnccc2N(Cc2ccccc2)C1=O)OCc1ccccc1. The molecule has 4 rings (SSSR count). The maximum atomic E-state index is 13.4. The number of aromatic nitrogens is 1. The number of rotatable bonds is 5. The van der Waals surface area contributed by atoms with Crippen LogP contribution in [0.3, 0.4) is 0 Å². The summed E-state index contributed by atoms with van der Waals surface area (Å²) in [6, 6.07) is 20.4.